The van der Waals surface area contributed by atoms with Gasteiger partial charge in [-0.25, -0.2) is 4.57 Å². The van der Waals surface area contributed by atoms with Gasteiger partial charge in [-0.1, -0.05) is 0 Å². The Bertz CT molecular complexity index is 351. The predicted octanol–water partition coefficient (Wildman–Crippen LogP) is 0.890. The molecule has 0 aromatic carbocycles. The molecule has 0 fully saturated rings. The maximum atomic E-state index is 10.3. The molecule has 70 valence electrons. The summed E-state index contributed by atoms with van der Waals surface area (Å²) < 4.78 is 0.833. The normalized spacial score (nSPS) is 10.0. The third kappa shape index (κ3) is 1.43. The number of hydrogen-bond acceptors (Lipinski definition) is 5. The molecule has 0 aliphatic rings. The topological polar surface area (TPSA) is 104 Å². The highest BCUT2D eigenvalue weighted by Gasteiger charge is 2.30. The van der Waals surface area contributed by atoms with E-state index >= 15 is 0 Å². The van der Waals surface area contributed by atoms with E-state index in [1.165, 1.54) is 7.05 Å². The molecule has 0 saturated carbocycles. The second-order valence-corrected chi connectivity index (χ2v) is 2.46. The van der Waals surface area contributed by atoms with Crippen molar-refractivity contribution in [3.63, 3.8) is 0 Å². The number of rotatable bonds is 2. The summed E-state index contributed by atoms with van der Waals surface area (Å²) in [5.41, 5.74) is 0. The van der Waals surface area contributed by atoms with Gasteiger partial charge in [-0.3, -0.25) is 0 Å². The van der Waals surface area contributed by atoms with Crippen LogP contribution in [0.2, 0.25) is 5.15 Å². The Morgan fingerprint density at radius 3 is 2.15 bits per heavy atom. The number of nitrogens with zero attached hydrogens (tertiary/aromatic N) is 4. The summed E-state index contributed by atoms with van der Waals surface area (Å²) in [5.74, 6) is -1.37. The van der Waals surface area contributed by atoms with Crippen LogP contribution in [0.4, 0.5) is 11.8 Å². The molecule has 0 bridgehead atoms. The zero-order chi connectivity index (χ0) is 10.2. The van der Waals surface area contributed by atoms with Crippen molar-refractivity contribution in [2.24, 2.45) is 7.05 Å². The monoisotopic (exact) mass is 206 g/mol. The van der Waals surface area contributed by atoms with E-state index in [1.54, 1.807) is 0 Å². The first-order chi connectivity index (χ1) is 5.95. The summed E-state index contributed by atoms with van der Waals surface area (Å²) in [4.78, 5) is 21.9. The predicted molar refractivity (Wildman–Crippen MR) is 41.5 cm³/mol. The van der Waals surface area contributed by atoms with Crippen LogP contribution in [0.25, 0.3) is 0 Å². The quantitative estimate of drug-likeness (QED) is 0.528. The van der Waals surface area contributed by atoms with E-state index < -0.39 is 21.6 Å². The number of imidazole rings is 1. The summed E-state index contributed by atoms with van der Waals surface area (Å²) >= 11 is 5.41. The van der Waals surface area contributed by atoms with Gasteiger partial charge >= 0.3 is 11.8 Å². The molecular formula is C4H3ClN4O4. The van der Waals surface area contributed by atoms with E-state index in [4.69, 9.17) is 11.6 Å². The van der Waals surface area contributed by atoms with Gasteiger partial charge in [0.2, 0.25) is 0 Å². The molecule has 8 nitrogen and oxygen atoms in total. The molecule has 1 heterocycles. The fourth-order valence-corrected chi connectivity index (χ4v) is 0.920. The molecular weight excluding hydrogens is 204 g/mol. The first-order valence-electron chi connectivity index (χ1n) is 2.96. The summed E-state index contributed by atoms with van der Waals surface area (Å²) in [6, 6.07) is 0. The van der Waals surface area contributed by atoms with Crippen LogP contribution >= 0.6 is 11.6 Å². The Labute approximate surface area is 76.0 Å². The largest absolute Gasteiger partial charge is 0.476 e. The van der Waals surface area contributed by atoms with Crippen molar-refractivity contribution in [1.82, 2.24) is 9.55 Å². The summed E-state index contributed by atoms with van der Waals surface area (Å²) in [7, 11) is 1.22. The van der Waals surface area contributed by atoms with Crippen LogP contribution in [-0.2, 0) is 7.05 Å². The fraction of sp³-hybridized carbons (Fsp3) is 0.250. The number of halogens is 1. The highest BCUT2D eigenvalue weighted by molar-refractivity contribution is 6.31. The number of hydrogen-bond donors (Lipinski definition) is 0. The maximum Gasteiger partial charge on any atom is 0.476 e. The van der Waals surface area contributed by atoms with Crippen LogP contribution in [0, 0.1) is 20.2 Å². The van der Waals surface area contributed by atoms with Gasteiger partial charge in [-0.15, -0.1) is 0 Å². The van der Waals surface area contributed by atoms with Crippen LogP contribution < -0.4 is 0 Å². The van der Waals surface area contributed by atoms with E-state index in [2.05, 4.69) is 4.98 Å². The van der Waals surface area contributed by atoms with Crippen molar-refractivity contribution in [3.05, 3.63) is 25.4 Å². The van der Waals surface area contributed by atoms with E-state index in [-0.39, 0.29) is 5.15 Å². The Morgan fingerprint density at radius 2 is 1.92 bits per heavy atom. The van der Waals surface area contributed by atoms with E-state index in [0.717, 1.165) is 4.57 Å². The molecule has 0 unspecified atom stereocenters. The SMILES string of the molecule is Cn1c([N+](=O)[O-])nc([N+](=O)[O-])c1Cl. The van der Waals surface area contributed by atoms with Crippen LogP contribution in [0.1, 0.15) is 0 Å². The first kappa shape index (κ1) is 9.39. The zero-order valence-corrected chi connectivity index (χ0v) is 7.06. The Kier molecular flexibility index (Phi) is 2.15. The Balaban J connectivity index is 3.36. The lowest BCUT2D eigenvalue weighted by Crippen LogP contribution is -1.97. The standard InChI is InChI=1S/C4H3ClN4O4/c1-7-2(5)3(8(10)11)6-4(7)9(12)13/h1H3. The molecule has 0 aliphatic heterocycles. The zero-order valence-electron chi connectivity index (χ0n) is 6.30. The molecule has 0 atom stereocenters. The first-order valence-corrected chi connectivity index (χ1v) is 3.34. The smallest absolute Gasteiger partial charge is 0.389 e. The van der Waals surface area contributed by atoms with Crippen molar-refractivity contribution in [2.45, 2.75) is 0 Å². The second kappa shape index (κ2) is 2.98. The van der Waals surface area contributed by atoms with E-state index in [0.29, 0.717) is 0 Å². The van der Waals surface area contributed by atoms with Gasteiger partial charge in [-0.2, -0.15) is 0 Å². The van der Waals surface area contributed by atoms with Crippen molar-refractivity contribution < 1.29 is 9.85 Å². The third-order valence-electron chi connectivity index (χ3n) is 1.32. The van der Waals surface area contributed by atoms with Gasteiger partial charge in [0, 0.05) is 4.98 Å². The minimum absolute atomic E-state index is 0.364. The molecule has 0 amide bonds. The van der Waals surface area contributed by atoms with Crippen LogP contribution in [0.5, 0.6) is 0 Å². The molecule has 0 saturated heterocycles. The van der Waals surface area contributed by atoms with Crippen LogP contribution in [0.3, 0.4) is 0 Å². The number of aromatic nitrogens is 2. The minimum atomic E-state index is -0.880. The molecule has 0 N–H and O–H groups in total. The summed E-state index contributed by atoms with van der Waals surface area (Å²) in [6.45, 7) is 0. The lowest BCUT2D eigenvalue weighted by Gasteiger charge is -1.90. The average molecular weight is 207 g/mol. The highest BCUT2D eigenvalue weighted by atomic mass is 35.5. The third-order valence-corrected chi connectivity index (χ3v) is 1.74. The molecule has 1 rings (SSSR count). The van der Waals surface area contributed by atoms with Gasteiger partial charge in [0.1, 0.15) is 0 Å². The second-order valence-electron chi connectivity index (χ2n) is 2.10. The van der Waals surface area contributed by atoms with Crippen molar-refractivity contribution in [2.75, 3.05) is 0 Å². The van der Waals surface area contributed by atoms with E-state index in [9.17, 15) is 20.2 Å². The fourth-order valence-electron chi connectivity index (χ4n) is 0.733. The van der Waals surface area contributed by atoms with Gasteiger partial charge < -0.3 is 20.2 Å². The molecule has 9 heteroatoms. The van der Waals surface area contributed by atoms with Crippen molar-refractivity contribution >= 4 is 23.4 Å². The Hall–Kier alpha value is -1.70. The van der Waals surface area contributed by atoms with Gasteiger partial charge in [0.25, 0.3) is 5.15 Å². The molecule has 13 heavy (non-hydrogen) atoms. The molecule has 0 aliphatic carbocycles. The molecule has 1 aromatic rings. The lowest BCUT2D eigenvalue weighted by molar-refractivity contribution is -0.403. The highest BCUT2D eigenvalue weighted by Crippen LogP contribution is 2.26. The van der Waals surface area contributed by atoms with Crippen molar-refractivity contribution in [3.8, 4) is 0 Å². The minimum Gasteiger partial charge on any atom is -0.389 e. The summed E-state index contributed by atoms with van der Waals surface area (Å²) in [5, 5.41) is 20.1. The van der Waals surface area contributed by atoms with Gasteiger partial charge in [0.05, 0.1) is 7.05 Å². The van der Waals surface area contributed by atoms with Crippen LogP contribution in [0.15, 0.2) is 0 Å². The van der Waals surface area contributed by atoms with Crippen LogP contribution in [-0.4, -0.2) is 19.4 Å². The average Bonchev–Trinajstić information content (AvgIpc) is 2.29. The number of nitro groups is 2. The molecule has 0 spiro atoms. The van der Waals surface area contributed by atoms with Crippen molar-refractivity contribution in [1.29, 1.82) is 0 Å². The molecule has 0 radical (unpaired) electrons. The Morgan fingerprint density at radius 1 is 1.38 bits per heavy atom. The lowest BCUT2D eigenvalue weighted by atomic mass is 10.8. The maximum absolute atomic E-state index is 10.3. The summed E-state index contributed by atoms with van der Waals surface area (Å²) in [6.07, 6.45) is 0. The van der Waals surface area contributed by atoms with Gasteiger partial charge in [0.15, 0.2) is 0 Å². The molecule has 1 aromatic heterocycles. The van der Waals surface area contributed by atoms with E-state index in [1.807, 2.05) is 0 Å². The van der Waals surface area contributed by atoms with Gasteiger partial charge in [-0.05, 0) is 21.4 Å².